The number of hydrogen-bond donors (Lipinski definition) is 1. The molecule has 2 unspecified atom stereocenters. The van der Waals surface area contributed by atoms with Crippen LogP contribution in [0.1, 0.15) is 17.5 Å². The Kier molecular flexibility index (Phi) is 5.19. The Morgan fingerprint density at radius 2 is 1.92 bits per heavy atom. The predicted octanol–water partition coefficient (Wildman–Crippen LogP) is 5.25. The molecule has 190 valence electrons. The van der Waals surface area contributed by atoms with Crippen molar-refractivity contribution in [2.24, 2.45) is 0 Å². The van der Waals surface area contributed by atoms with Crippen molar-refractivity contribution in [2.75, 3.05) is 30.8 Å². The number of benzene rings is 2. The van der Waals surface area contributed by atoms with Gasteiger partial charge in [0.1, 0.15) is 28.2 Å². The Morgan fingerprint density at radius 1 is 1.22 bits per heavy atom. The molecule has 3 aliphatic rings. The summed E-state index contributed by atoms with van der Waals surface area (Å²) in [5.74, 6) is -1.99. The predicted molar refractivity (Wildman–Crippen MR) is 126 cm³/mol. The summed E-state index contributed by atoms with van der Waals surface area (Å²) in [6, 6.07) is 4.30. The Morgan fingerprint density at radius 3 is 2.54 bits per heavy atom. The number of rotatable bonds is 3. The molecular formula is C24H16F5N5O2S. The number of piperidine rings is 1. The van der Waals surface area contributed by atoms with Crippen molar-refractivity contribution < 1.29 is 31.4 Å². The van der Waals surface area contributed by atoms with Gasteiger partial charge in [0.15, 0.2) is 5.82 Å². The molecule has 0 radical (unpaired) electrons. The monoisotopic (exact) mass is 533 g/mol. The summed E-state index contributed by atoms with van der Waals surface area (Å²) in [5.41, 5.74) is 2.73. The van der Waals surface area contributed by atoms with Gasteiger partial charge in [-0.15, -0.1) is 11.3 Å². The highest BCUT2D eigenvalue weighted by molar-refractivity contribution is 7.23. The zero-order chi connectivity index (χ0) is 26.2. The maximum atomic E-state index is 16.3. The molecule has 2 aromatic carbocycles. The fraction of sp³-hybridized carbons (Fsp3) is 0.292. The van der Waals surface area contributed by atoms with Gasteiger partial charge >= 0.3 is 12.2 Å². The van der Waals surface area contributed by atoms with Crippen LogP contribution in [-0.4, -0.2) is 42.4 Å². The summed E-state index contributed by atoms with van der Waals surface area (Å²) < 4.78 is 84.9. The van der Waals surface area contributed by atoms with Crippen molar-refractivity contribution in [3.8, 4) is 23.2 Å². The van der Waals surface area contributed by atoms with Crippen LogP contribution in [0.25, 0.3) is 32.1 Å². The van der Waals surface area contributed by atoms with Crippen LogP contribution in [0.4, 0.5) is 32.8 Å². The van der Waals surface area contributed by atoms with Crippen molar-refractivity contribution >= 4 is 43.1 Å². The Labute approximate surface area is 209 Å². The molecule has 3 saturated heterocycles. The standard InChI is InChI=1S/C24H16F5N5O2S/c1-35-23-32-19-12(22(33-23)34-7-9-4-10(8-34)36-9)5-14(24(27,28)29)17(18(19)26)11-2-3-15(25)20-16(11)13(6-30)21(31)37-20/h2-3,5,9-10H,4,7-8,31H2,1H3. The first kappa shape index (κ1) is 23.6. The lowest BCUT2D eigenvalue weighted by Crippen LogP contribution is -2.57. The average molecular weight is 533 g/mol. The van der Waals surface area contributed by atoms with Crippen LogP contribution in [-0.2, 0) is 10.9 Å². The number of halogens is 5. The van der Waals surface area contributed by atoms with E-state index >= 15 is 4.39 Å². The molecule has 7 nitrogen and oxygen atoms in total. The quantitative estimate of drug-likeness (QED) is 0.360. The van der Waals surface area contributed by atoms with Gasteiger partial charge in [-0.3, -0.25) is 0 Å². The van der Waals surface area contributed by atoms with Crippen molar-refractivity contribution in [1.82, 2.24) is 9.97 Å². The van der Waals surface area contributed by atoms with E-state index in [4.69, 9.17) is 15.2 Å². The lowest BCUT2D eigenvalue weighted by Gasteiger charge is -2.47. The number of ether oxygens (including phenoxy) is 2. The third-order valence-corrected chi connectivity index (χ3v) is 7.66. The topological polar surface area (TPSA) is 97.3 Å². The van der Waals surface area contributed by atoms with Crippen LogP contribution in [0.15, 0.2) is 18.2 Å². The Bertz CT molecular complexity index is 1630. The van der Waals surface area contributed by atoms with Crippen LogP contribution in [0.3, 0.4) is 0 Å². The fourth-order valence-corrected chi connectivity index (χ4v) is 6.00. The summed E-state index contributed by atoms with van der Waals surface area (Å²) in [6.07, 6.45) is -4.37. The highest BCUT2D eigenvalue weighted by Crippen LogP contribution is 2.48. The summed E-state index contributed by atoms with van der Waals surface area (Å²) in [7, 11) is 1.27. The molecule has 5 heterocycles. The van der Waals surface area contributed by atoms with Gasteiger partial charge < -0.3 is 20.1 Å². The maximum absolute atomic E-state index is 16.3. The van der Waals surface area contributed by atoms with E-state index in [-0.39, 0.29) is 55.6 Å². The van der Waals surface area contributed by atoms with Crippen molar-refractivity contribution in [3.05, 3.63) is 41.0 Å². The van der Waals surface area contributed by atoms with Gasteiger partial charge in [-0.25, -0.2) is 8.78 Å². The molecule has 3 aliphatic heterocycles. The molecule has 0 amide bonds. The second-order valence-electron chi connectivity index (χ2n) is 8.81. The SMILES string of the molecule is COc1nc(N2CC3CC(C2)O3)c2cc(C(F)(F)F)c(-c3ccc(F)c4sc(N)c(C#N)c34)c(F)c2n1. The molecule has 13 heteroatoms. The molecule has 2 N–H and O–H groups in total. The number of fused-ring (bicyclic) bond motifs is 4. The number of methoxy groups -OCH3 is 1. The first-order valence-corrected chi connectivity index (χ1v) is 11.9. The van der Waals surface area contributed by atoms with Gasteiger partial charge in [0, 0.05) is 35.8 Å². The van der Waals surface area contributed by atoms with Crippen molar-refractivity contribution in [3.63, 3.8) is 0 Å². The van der Waals surface area contributed by atoms with E-state index in [0.29, 0.717) is 24.4 Å². The number of aromatic nitrogens is 2. The van der Waals surface area contributed by atoms with Crippen LogP contribution < -0.4 is 15.4 Å². The number of nitrogens with two attached hydrogens (primary N) is 1. The van der Waals surface area contributed by atoms with Crippen LogP contribution >= 0.6 is 11.3 Å². The molecule has 4 aromatic rings. The minimum absolute atomic E-state index is 0.0873. The average Bonchev–Trinajstić information content (AvgIpc) is 3.20. The summed E-state index contributed by atoms with van der Waals surface area (Å²) in [5, 5.41) is 9.17. The van der Waals surface area contributed by atoms with Crippen molar-refractivity contribution in [2.45, 2.75) is 24.8 Å². The summed E-state index contributed by atoms with van der Waals surface area (Å²) in [4.78, 5) is 10.0. The van der Waals surface area contributed by atoms with Gasteiger partial charge in [-0.05, 0) is 17.7 Å². The normalized spacial score (nSPS) is 19.2. The highest BCUT2D eigenvalue weighted by atomic mass is 32.1. The van der Waals surface area contributed by atoms with E-state index in [0.717, 1.165) is 24.6 Å². The zero-order valence-electron chi connectivity index (χ0n) is 19.0. The number of thiophene rings is 1. The maximum Gasteiger partial charge on any atom is 0.417 e. The van der Waals surface area contributed by atoms with Crippen LogP contribution in [0.2, 0.25) is 0 Å². The van der Waals surface area contributed by atoms with Gasteiger partial charge in [-0.2, -0.15) is 28.4 Å². The Hall–Kier alpha value is -3.76. The van der Waals surface area contributed by atoms with Gasteiger partial charge in [0.25, 0.3) is 0 Å². The van der Waals surface area contributed by atoms with E-state index in [2.05, 4.69) is 9.97 Å². The first-order valence-electron chi connectivity index (χ1n) is 11.1. The minimum atomic E-state index is -5.01. The number of nitrogens with zero attached hydrogens (tertiary/aromatic N) is 4. The molecule has 3 fully saturated rings. The number of nitrogen functional groups attached to an aromatic ring is 1. The van der Waals surface area contributed by atoms with E-state index in [1.165, 1.54) is 7.11 Å². The first-order chi connectivity index (χ1) is 17.6. The minimum Gasteiger partial charge on any atom is -0.467 e. The number of nitriles is 1. The second kappa shape index (κ2) is 8.12. The van der Waals surface area contributed by atoms with E-state index in [1.807, 2.05) is 0 Å². The molecular weight excluding hydrogens is 517 g/mol. The van der Waals surface area contributed by atoms with E-state index < -0.39 is 34.5 Å². The number of hydrogen-bond acceptors (Lipinski definition) is 8. The number of alkyl halides is 3. The summed E-state index contributed by atoms with van der Waals surface area (Å²) in [6.45, 7) is 0.740. The van der Waals surface area contributed by atoms with Crippen molar-refractivity contribution in [1.29, 1.82) is 5.26 Å². The fourth-order valence-electron chi connectivity index (χ4n) is 5.05. The van der Waals surface area contributed by atoms with E-state index in [9.17, 15) is 22.8 Å². The molecule has 0 saturated carbocycles. The molecule has 2 aromatic heterocycles. The second-order valence-corrected chi connectivity index (χ2v) is 9.87. The van der Waals surface area contributed by atoms with Gasteiger partial charge in [0.05, 0.1) is 35.1 Å². The lowest BCUT2D eigenvalue weighted by atomic mass is 9.92. The Balaban J connectivity index is 1.70. The number of morpholine rings is 1. The third kappa shape index (κ3) is 3.54. The van der Waals surface area contributed by atoms with Gasteiger partial charge in [-0.1, -0.05) is 6.07 Å². The molecule has 2 bridgehead atoms. The molecule has 0 spiro atoms. The van der Waals surface area contributed by atoms with E-state index in [1.54, 1.807) is 11.0 Å². The van der Waals surface area contributed by atoms with Gasteiger partial charge in [0.2, 0.25) is 0 Å². The smallest absolute Gasteiger partial charge is 0.417 e. The number of anilines is 2. The molecule has 7 rings (SSSR count). The third-order valence-electron chi connectivity index (χ3n) is 6.64. The zero-order valence-corrected chi connectivity index (χ0v) is 19.8. The van der Waals surface area contributed by atoms with Crippen LogP contribution in [0.5, 0.6) is 6.01 Å². The molecule has 0 aliphatic carbocycles. The van der Waals surface area contributed by atoms with Crippen LogP contribution in [0, 0.1) is 23.0 Å². The largest absolute Gasteiger partial charge is 0.467 e. The highest BCUT2D eigenvalue weighted by Gasteiger charge is 2.41. The molecule has 2 atom stereocenters. The lowest BCUT2D eigenvalue weighted by molar-refractivity contribution is -0.137. The molecule has 37 heavy (non-hydrogen) atoms. The summed E-state index contributed by atoms with van der Waals surface area (Å²) >= 11 is 0.706.